The second-order valence-electron chi connectivity index (χ2n) is 4.14. The van der Waals surface area contributed by atoms with E-state index in [1.807, 2.05) is 0 Å². The van der Waals surface area contributed by atoms with Crippen molar-refractivity contribution < 1.29 is 31.4 Å². The van der Waals surface area contributed by atoms with Crippen molar-refractivity contribution in [1.82, 2.24) is 5.32 Å². The van der Waals surface area contributed by atoms with E-state index in [9.17, 15) is 26.3 Å². The van der Waals surface area contributed by atoms with E-state index < -0.39 is 23.5 Å². The van der Waals surface area contributed by atoms with Gasteiger partial charge in [-0.25, -0.2) is 0 Å². The summed E-state index contributed by atoms with van der Waals surface area (Å²) in [7, 11) is 0. The van der Waals surface area contributed by atoms with Crippen LogP contribution in [0, 0.1) is 0 Å². The van der Waals surface area contributed by atoms with Gasteiger partial charge in [-0.2, -0.15) is 26.3 Å². The molecule has 0 radical (unpaired) electrons. The molecule has 0 saturated heterocycles. The van der Waals surface area contributed by atoms with Crippen molar-refractivity contribution in [3.63, 3.8) is 0 Å². The molecule has 114 valence electrons. The van der Waals surface area contributed by atoms with Gasteiger partial charge in [-0.3, -0.25) is 0 Å². The summed E-state index contributed by atoms with van der Waals surface area (Å²) in [5.74, 6) is 0. The van der Waals surface area contributed by atoms with Gasteiger partial charge in [0.2, 0.25) is 0 Å². The Balaban J connectivity index is 2.99. The molecule has 0 fully saturated rings. The lowest BCUT2D eigenvalue weighted by molar-refractivity contribution is -0.143. The second-order valence-corrected chi connectivity index (χ2v) is 4.14. The van der Waals surface area contributed by atoms with Gasteiger partial charge >= 0.3 is 12.4 Å². The minimum absolute atomic E-state index is 0.00694. The Morgan fingerprint density at radius 2 is 1.35 bits per heavy atom. The van der Waals surface area contributed by atoms with E-state index in [1.165, 1.54) is 0 Å². The molecular weight excluding hydrogens is 288 g/mol. The molecule has 1 aromatic carbocycles. The maximum absolute atomic E-state index is 12.6. The van der Waals surface area contributed by atoms with Gasteiger partial charge in [-0.1, -0.05) is 0 Å². The molecule has 8 heteroatoms. The molecule has 0 aliphatic heterocycles. The molecule has 0 bridgehead atoms. The van der Waals surface area contributed by atoms with Gasteiger partial charge in [0.05, 0.1) is 17.7 Å². The van der Waals surface area contributed by atoms with Gasteiger partial charge in [-0.15, -0.1) is 0 Å². The summed E-state index contributed by atoms with van der Waals surface area (Å²) in [4.78, 5) is 0. The number of alkyl halides is 6. The summed E-state index contributed by atoms with van der Waals surface area (Å²) in [6, 6.07) is 1.51. The number of halogens is 6. The van der Waals surface area contributed by atoms with E-state index in [4.69, 9.17) is 5.11 Å². The van der Waals surface area contributed by atoms with Gasteiger partial charge in [0, 0.05) is 6.54 Å². The highest BCUT2D eigenvalue weighted by atomic mass is 19.4. The standard InChI is InChI=1S/C12H13F6NO/c13-11(14,15)9-5-8(1-2-19-3-4-20)6-10(7-9)12(16,17)18/h5-7,19-20H,1-4H2. The molecule has 0 aliphatic carbocycles. The highest BCUT2D eigenvalue weighted by molar-refractivity contribution is 5.33. The highest BCUT2D eigenvalue weighted by Gasteiger charge is 2.36. The summed E-state index contributed by atoms with van der Waals surface area (Å²) < 4.78 is 75.4. The van der Waals surface area contributed by atoms with Crippen LogP contribution in [0.4, 0.5) is 26.3 Å². The number of hydrogen-bond donors (Lipinski definition) is 2. The molecule has 0 saturated carbocycles. The van der Waals surface area contributed by atoms with E-state index in [-0.39, 0.29) is 37.7 Å². The third kappa shape index (κ3) is 5.01. The first-order valence-corrected chi connectivity index (χ1v) is 5.74. The van der Waals surface area contributed by atoms with Crippen molar-refractivity contribution in [3.8, 4) is 0 Å². The second kappa shape index (κ2) is 6.45. The minimum atomic E-state index is -4.82. The maximum atomic E-state index is 12.6. The van der Waals surface area contributed by atoms with E-state index in [1.54, 1.807) is 0 Å². The number of nitrogens with one attached hydrogen (secondary N) is 1. The highest BCUT2D eigenvalue weighted by Crippen LogP contribution is 2.36. The molecule has 0 aromatic heterocycles. The summed E-state index contributed by atoms with van der Waals surface area (Å²) in [6.07, 6.45) is -9.64. The van der Waals surface area contributed by atoms with Crippen molar-refractivity contribution in [2.24, 2.45) is 0 Å². The van der Waals surface area contributed by atoms with Gasteiger partial charge in [0.15, 0.2) is 0 Å². The molecule has 0 aliphatic rings. The average Bonchev–Trinajstić information content (AvgIpc) is 2.32. The molecule has 0 atom stereocenters. The fourth-order valence-electron chi connectivity index (χ4n) is 1.60. The first-order valence-electron chi connectivity index (χ1n) is 5.74. The zero-order valence-electron chi connectivity index (χ0n) is 10.3. The van der Waals surface area contributed by atoms with Crippen molar-refractivity contribution in [1.29, 1.82) is 0 Å². The fourth-order valence-corrected chi connectivity index (χ4v) is 1.60. The maximum Gasteiger partial charge on any atom is 0.416 e. The Hall–Kier alpha value is -1.28. The molecule has 2 nitrogen and oxygen atoms in total. The van der Waals surface area contributed by atoms with Crippen LogP contribution in [0.25, 0.3) is 0 Å². The van der Waals surface area contributed by atoms with Crippen molar-refractivity contribution in [2.75, 3.05) is 19.7 Å². The van der Waals surface area contributed by atoms with E-state index in [0.29, 0.717) is 12.1 Å². The summed E-state index contributed by atoms with van der Waals surface area (Å²) in [5.41, 5.74) is -2.69. The normalized spacial score (nSPS) is 12.8. The summed E-state index contributed by atoms with van der Waals surface area (Å²) in [5, 5.41) is 11.2. The van der Waals surface area contributed by atoms with Crippen molar-refractivity contribution in [2.45, 2.75) is 18.8 Å². The first kappa shape index (κ1) is 16.8. The average molecular weight is 301 g/mol. The predicted octanol–water partition coefficient (Wildman–Crippen LogP) is 2.85. The Morgan fingerprint density at radius 1 is 0.850 bits per heavy atom. The summed E-state index contributed by atoms with van der Waals surface area (Å²) in [6.45, 7) is 0.251. The van der Waals surface area contributed by atoms with Crippen LogP contribution in [0.5, 0.6) is 0 Å². The fraction of sp³-hybridized carbons (Fsp3) is 0.500. The molecule has 0 spiro atoms. The lowest BCUT2D eigenvalue weighted by Crippen LogP contribution is -2.21. The smallest absolute Gasteiger partial charge is 0.395 e. The van der Waals surface area contributed by atoms with Gasteiger partial charge in [0.1, 0.15) is 0 Å². The third-order valence-corrected chi connectivity index (χ3v) is 2.53. The summed E-state index contributed by atoms with van der Waals surface area (Å²) >= 11 is 0. The van der Waals surface area contributed by atoms with Gasteiger partial charge < -0.3 is 10.4 Å². The SMILES string of the molecule is OCCNCCc1cc(C(F)(F)F)cc(C(F)(F)F)c1. The molecule has 0 unspecified atom stereocenters. The topological polar surface area (TPSA) is 32.3 Å². The lowest BCUT2D eigenvalue weighted by atomic mass is 10.0. The van der Waals surface area contributed by atoms with E-state index >= 15 is 0 Å². The minimum Gasteiger partial charge on any atom is -0.395 e. The Kier molecular flexibility index (Phi) is 5.41. The molecular formula is C12H13F6NO. The van der Waals surface area contributed by atoms with Gasteiger partial charge in [-0.05, 0) is 36.7 Å². The van der Waals surface area contributed by atoms with Crippen LogP contribution in [0.3, 0.4) is 0 Å². The number of benzene rings is 1. The van der Waals surface area contributed by atoms with Crippen LogP contribution in [-0.2, 0) is 18.8 Å². The predicted molar refractivity (Wildman–Crippen MR) is 60.1 cm³/mol. The molecule has 0 heterocycles. The Labute approximate surface area is 111 Å². The quantitative estimate of drug-likeness (QED) is 0.647. The monoisotopic (exact) mass is 301 g/mol. The lowest BCUT2D eigenvalue weighted by Gasteiger charge is -2.14. The number of aliphatic hydroxyl groups is 1. The Morgan fingerprint density at radius 3 is 1.75 bits per heavy atom. The largest absolute Gasteiger partial charge is 0.416 e. The number of rotatable bonds is 5. The van der Waals surface area contributed by atoms with Gasteiger partial charge in [0.25, 0.3) is 0 Å². The van der Waals surface area contributed by atoms with Crippen LogP contribution in [0.2, 0.25) is 0 Å². The number of hydrogen-bond acceptors (Lipinski definition) is 2. The molecule has 1 aromatic rings. The molecule has 20 heavy (non-hydrogen) atoms. The zero-order chi connectivity index (χ0) is 15.4. The van der Waals surface area contributed by atoms with Crippen LogP contribution < -0.4 is 5.32 Å². The van der Waals surface area contributed by atoms with E-state index in [0.717, 1.165) is 0 Å². The van der Waals surface area contributed by atoms with Crippen LogP contribution in [0.15, 0.2) is 18.2 Å². The van der Waals surface area contributed by atoms with E-state index in [2.05, 4.69) is 5.32 Å². The molecule has 0 amide bonds. The van der Waals surface area contributed by atoms with Crippen LogP contribution in [-0.4, -0.2) is 24.8 Å². The zero-order valence-corrected chi connectivity index (χ0v) is 10.3. The van der Waals surface area contributed by atoms with Crippen LogP contribution >= 0.6 is 0 Å². The third-order valence-electron chi connectivity index (χ3n) is 2.53. The van der Waals surface area contributed by atoms with Crippen molar-refractivity contribution >= 4 is 0 Å². The Bertz CT molecular complexity index is 408. The van der Waals surface area contributed by atoms with Crippen molar-refractivity contribution in [3.05, 3.63) is 34.9 Å². The molecule has 1 rings (SSSR count). The number of aliphatic hydroxyl groups excluding tert-OH is 1. The first-order chi connectivity index (χ1) is 9.14. The molecule has 2 N–H and O–H groups in total. The van der Waals surface area contributed by atoms with Crippen LogP contribution in [0.1, 0.15) is 16.7 Å².